The van der Waals surface area contributed by atoms with Gasteiger partial charge in [0.05, 0.1) is 27.4 Å². The molecule has 8 nitrogen and oxygen atoms in total. The smallest absolute Gasteiger partial charge is 0.341 e. The maximum Gasteiger partial charge on any atom is 0.341 e. The van der Waals surface area contributed by atoms with Gasteiger partial charge in [0, 0.05) is 10.9 Å². The maximum absolute atomic E-state index is 13.0. The highest BCUT2D eigenvalue weighted by Gasteiger charge is 2.24. The van der Waals surface area contributed by atoms with E-state index in [1.807, 2.05) is 13.0 Å². The molecule has 0 saturated carbocycles. The van der Waals surface area contributed by atoms with Gasteiger partial charge in [-0.15, -0.1) is 11.3 Å². The highest BCUT2D eigenvalue weighted by atomic mass is 32.1. The number of esters is 1. The summed E-state index contributed by atoms with van der Waals surface area (Å²) in [5.41, 5.74) is 1.99. The number of nitrogens with one attached hydrogen (secondary N) is 1. The quantitative estimate of drug-likeness (QED) is 0.189. The lowest BCUT2D eigenvalue weighted by Crippen LogP contribution is -2.16. The van der Waals surface area contributed by atoms with E-state index in [9.17, 15) is 14.9 Å². The largest absolute Gasteiger partial charge is 0.494 e. The Morgan fingerprint density at radius 1 is 1.05 bits per heavy atom. The first-order valence-electron chi connectivity index (χ1n) is 11.6. The summed E-state index contributed by atoms with van der Waals surface area (Å²) >= 11 is 1.16. The molecule has 1 N–H and O–H groups in total. The van der Waals surface area contributed by atoms with Crippen LogP contribution in [0, 0.1) is 11.3 Å². The number of benzene rings is 2. The van der Waals surface area contributed by atoms with E-state index in [0.29, 0.717) is 40.5 Å². The van der Waals surface area contributed by atoms with E-state index in [4.69, 9.17) is 18.9 Å². The Bertz CT molecular complexity index is 1320. The zero-order chi connectivity index (χ0) is 26.8. The molecule has 0 radical (unpaired) electrons. The lowest BCUT2D eigenvalue weighted by atomic mass is 10.0. The third kappa shape index (κ3) is 6.68. The molecule has 2 aromatic carbocycles. The van der Waals surface area contributed by atoms with Gasteiger partial charge in [0.15, 0.2) is 11.5 Å². The van der Waals surface area contributed by atoms with Crippen LogP contribution in [-0.2, 0) is 9.53 Å². The van der Waals surface area contributed by atoms with Gasteiger partial charge in [-0.2, -0.15) is 5.26 Å². The van der Waals surface area contributed by atoms with Gasteiger partial charge in [0.25, 0.3) is 5.91 Å². The fraction of sp³-hybridized carbons (Fsp3) is 0.250. The number of rotatable bonds is 11. The van der Waals surface area contributed by atoms with Crippen LogP contribution in [0.1, 0.15) is 36.2 Å². The van der Waals surface area contributed by atoms with Gasteiger partial charge in [0.2, 0.25) is 0 Å². The number of nitriles is 1. The number of amides is 1. The van der Waals surface area contributed by atoms with Crippen LogP contribution >= 0.6 is 11.3 Å². The summed E-state index contributed by atoms with van der Waals surface area (Å²) < 4.78 is 21.5. The maximum atomic E-state index is 13.0. The molecule has 1 amide bonds. The van der Waals surface area contributed by atoms with E-state index in [1.54, 1.807) is 54.8 Å². The molecule has 192 valence electrons. The number of methoxy groups -OCH3 is 2. The Morgan fingerprint density at radius 3 is 2.41 bits per heavy atom. The van der Waals surface area contributed by atoms with Crippen molar-refractivity contribution >= 4 is 34.3 Å². The van der Waals surface area contributed by atoms with Crippen molar-refractivity contribution in [2.24, 2.45) is 0 Å². The zero-order valence-electron chi connectivity index (χ0n) is 21.1. The summed E-state index contributed by atoms with van der Waals surface area (Å²) in [6.45, 7) is 4.49. The van der Waals surface area contributed by atoms with Crippen molar-refractivity contribution in [1.29, 1.82) is 5.26 Å². The summed E-state index contributed by atoms with van der Waals surface area (Å²) in [6, 6.07) is 14.3. The van der Waals surface area contributed by atoms with E-state index in [-0.39, 0.29) is 22.7 Å². The van der Waals surface area contributed by atoms with Crippen LogP contribution in [-0.4, -0.2) is 39.3 Å². The van der Waals surface area contributed by atoms with Gasteiger partial charge in [-0.05, 0) is 54.8 Å². The molecule has 0 aliphatic carbocycles. The molecule has 0 fully saturated rings. The van der Waals surface area contributed by atoms with Crippen molar-refractivity contribution in [3.63, 3.8) is 0 Å². The third-order valence-electron chi connectivity index (χ3n) is 5.22. The standard InChI is InChI=1S/C28H28N2O6S/c1-5-13-36-21-10-7-18(8-11-21)14-20(16-29)26(31)30-27-25(28(32)35-6-2)22(17-37-27)19-9-12-23(33-3)24(15-19)34-4/h7-12,14-15,17H,5-6,13H2,1-4H3,(H,30,31)/b20-14+. The SMILES string of the molecule is CCCOc1ccc(/C=C(\C#N)C(=O)Nc2scc(-c3ccc(OC)c(OC)c3)c2C(=O)OCC)cc1. The first kappa shape index (κ1) is 27.3. The summed E-state index contributed by atoms with van der Waals surface area (Å²) in [6.07, 6.45) is 2.37. The normalized spacial score (nSPS) is 10.8. The van der Waals surface area contributed by atoms with Crippen molar-refractivity contribution in [1.82, 2.24) is 0 Å². The minimum absolute atomic E-state index is 0.113. The second-order valence-corrected chi connectivity index (χ2v) is 8.56. The topological polar surface area (TPSA) is 107 Å². The number of ether oxygens (including phenoxy) is 4. The van der Waals surface area contributed by atoms with E-state index in [1.165, 1.54) is 20.3 Å². The van der Waals surface area contributed by atoms with Gasteiger partial charge >= 0.3 is 5.97 Å². The fourth-order valence-electron chi connectivity index (χ4n) is 3.44. The van der Waals surface area contributed by atoms with Crippen molar-refractivity contribution < 1.29 is 28.5 Å². The molecular formula is C28H28N2O6S. The monoisotopic (exact) mass is 520 g/mol. The van der Waals surface area contributed by atoms with Crippen LogP contribution in [0.25, 0.3) is 17.2 Å². The second kappa shape index (κ2) is 13.1. The Morgan fingerprint density at radius 2 is 1.78 bits per heavy atom. The minimum Gasteiger partial charge on any atom is -0.494 e. The minimum atomic E-state index is -0.639. The van der Waals surface area contributed by atoms with E-state index in [2.05, 4.69) is 5.32 Å². The van der Waals surface area contributed by atoms with Crippen LogP contribution in [0.3, 0.4) is 0 Å². The summed E-state index contributed by atoms with van der Waals surface area (Å²) in [7, 11) is 3.06. The Labute approximate surface area is 220 Å². The molecule has 0 spiro atoms. The molecule has 0 aliphatic rings. The molecule has 0 aliphatic heterocycles. The van der Waals surface area contributed by atoms with E-state index < -0.39 is 11.9 Å². The van der Waals surface area contributed by atoms with Gasteiger partial charge in [-0.25, -0.2) is 4.79 Å². The Kier molecular flexibility index (Phi) is 9.69. The Balaban J connectivity index is 1.92. The first-order chi connectivity index (χ1) is 17.9. The van der Waals surface area contributed by atoms with Crippen molar-refractivity contribution in [3.05, 3.63) is 64.5 Å². The molecule has 0 unspecified atom stereocenters. The van der Waals surface area contributed by atoms with E-state index >= 15 is 0 Å². The molecule has 1 aromatic heterocycles. The number of anilines is 1. The van der Waals surface area contributed by atoms with Crippen LogP contribution in [0.5, 0.6) is 17.2 Å². The van der Waals surface area contributed by atoms with Crippen molar-refractivity contribution in [2.75, 3.05) is 32.8 Å². The van der Waals surface area contributed by atoms with Gasteiger partial charge < -0.3 is 24.3 Å². The van der Waals surface area contributed by atoms with Crippen molar-refractivity contribution in [3.8, 4) is 34.4 Å². The molecule has 9 heteroatoms. The summed E-state index contributed by atoms with van der Waals surface area (Å²) in [4.78, 5) is 25.9. The third-order valence-corrected chi connectivity index (χ3v) is 6.12. The lowest BCUT2D eigenvalue weighted by molar-refractivity contribution is -0.112. The fourth-order valence-corrected chi connectivity index (χ4v) is 4.39. The van der Waals surface area contributed by atoms with Gasteiger partial charge in [0.1, 0.15) is 28.0 Å². The molecule has 0 bridgehead atoms. The van der Waals surface area contributed by atoms with E-state index in [0.717, 1.165) is 17.8 Å². The number of hydrogen-bond donors (Lipinski definition) is 1. The lowest BCUT2D eigenvalue weighted by Gasteiger charge is -2.11. The van der Waals surface area contributed by atoms with Gasteiger partial charge in [-0.3, -0.25) is 4.79 Å². The molecule has 3 rings (SSSR count). The molecule has 0 atom stereocenters. The summed E-state index contributed by atoms with van der Waals surface area (Å²) in [5.74, 6) is 0.519. The highest BCUT2D eigenvalue weighted by molar-refractivity contribution is 7.15. The number of nitrogens with zero attached hydrogens (tertiary/aromatic N) is 1. The first-order valence-corrected chi connectivity index (χ1v) is 12.5. The number of thiophene rings is 1. The zero-order valence-corrected chi connectivity index (χ0v) is 21.9. The number of hydrogen-bond acceptors (Lipinski definition) is 8. The number of carbonyl (C=O) groups is 2. The molecule has 3 aromatic rings. The number of carbonyl (C=O) groups excluding carboxylic acids is 2. The molecular weight excluding hydrogens is 492 g/mol. The highest BCUT2D eigenvalue weighted by Crippen LogP contribution is 2.39. The average molecular weight is 521 g/mol. The average Bonchev–Trinajstić information content (AvgIpc) is 3.34. The summed E-state index contributed by atoms with van der Waals surface area (Å²) in [5, 5.41) is 14.4. The predicted molar refractivity (Wildman–Crippen MR) is 143 cm³/mol. The van der Waals surface area contributed by atoms with Crippen molar-refractivity contribution in [2.45, 2.75) is 20.3 Å². The van der Waals surface area contributed by atoms with Crippen LogP contribution < -0.4 is 19.5 Å². The van der Waals surface area contributed by atoms with Crippen LogP contribution in [0.2, 0.25) is 0 Å². The van der Waals surface area contributed by atoms with Crippen LogP contribution in [0.15, 0.2) is 53.4 Å². The molecule has 0 saturated heterocycles. The second-order valence-electron chi connectivity index (χ2n) is 7.69. The Hall–Kier alpha value is -4.29. The van der Waals surface area contributed by atoms with Gasteiger partial charge in [-0.1, -0.05) is 25.1 Å². The molecule has 1 heterocycles. The van der Waals surface area contributed by atoms with Crippen LogP contribution in [0.4, 0.5) is 5.00 Å². The predicted octanol–water partition coefficient (Wildman–Crippen LogP) is 5.94. The molecule has 37 heavy (non-hydrogen) atoms.